The third kappa shape index (κ3) is 1.81. The van der Waals surface area contributed by atoms with Gasteiger partial charge in [-0.1, -0.05) is 0 Å². The van der Waals surface area contributed by atoms with Gasteiger partial charge in [-0.25, -0.2) is 0 Å². The van der Waals surface area contributed by atoms with Gasteiger partial charge in [0, 0.05) is 20.1 Å². The van der Waals surface area contributed by atoms with Crippen LogP contribution >= 0.6 is 0 Å². The van der Waals surface area contributed by atoms with Gasteiger partial charge in [-0.3, -0.25) is 4.79 Å². The first-order valence-corrected chi connectivity index (χ1v) is 7.08. The molecular weight excluding hydrogens is 244 g/mol. The molecule has 0 aromatic carbocycles. The third-order valence-electron chi connectivity index (χ3n) is 5.01. The Labute approximate surface area is 114 Å². The van der Waals surface area contributed by atoms with Gasteiger partial charge in [-0.05, 0) is 50.2 Å². The van der Waals surface area contributed by atoms with E-state index in [-0.39, 0.29) is 24.1 Å². The number of rotatable bonds is 4. The fourth-order valence-electron chi connectivity index (χ4n) is 4.08. The SMILES string of the molecule is COC(OC)[C@@]12CC[C@@H](O1)C1=C2C[C@H](C(C)=O)CC1. The van der Waals surface area contributed by atoms with Crippen LogP contribution in [-0.2, 0) is 19.0 Å². The fourth-order valence-corrected chi connectivity index (χ4v) is 4.08. The molecular formula is C15H22O4. The average Bonchev–Trinajstić information content (AvgIpc) is 2.97. The molecule has 106 valence electrons. The Morgan fingerprint density at radius 1 is 1.37 bits per heavy atom. The van der Waals surface area contributed by atoms with Crippen molar-refractivity contribution >= 4 is 5.78 Å². The van der Waals surface area contributed by atoms with E-state index in [0.29, 0.717) is 0 Å². The molecule has 0 aromatic heterocycles. The summed E-state index contributed by atoms with van der Waals surface area (Å²) >= 11 is 0. The number of methoxy groups -OCH3 is 2. The Morgan fingerprint density at radius 2 is 2.11 bits per heavy atom. The summed E-state index contributed by atoms with van der Waals surface area (Å²) < 4.78 is 17.2. The molecule has 0 aromatic rings. The van der Waals surface area contributed by atoms with Crippen molar-refractivity contribution in [2.45, 2.75) is 57.0 Å². The van der Waals surface area contributed by atoms with E-state index >= 15 is 0 Å². The highest BCUT2D eigenvalue weighted by atomic mass is 16.7. The van der Waals surface area contributed by atoms with E-state index in [1.165, 1.54) is 11.1 Å². The van der Waals surface area contributed by atoms with Crippen LogP contribution < -0.4 is 0 Å². The number of ether oxygens (including phenoxy) is 3. The second-order valence-corrected chi connectivity index (χ2v) is 5.89. The highest BCUT2D eigenvalue weighted by Crippen LogP contribution is 2.55. The molecule has 0 radical (unpaired) electrons. The molecule has 0 unspecified atom stereocenters. The Hall–Kier alpha value is -0.710. The topological polar surface area (TPSA) is 44.8 Å². The van der Waals surface area contributed by atoms with Crippen molar-refractivity contribution in [3.63, 3.8) is 0 Å². The van der Waals surface area contributed by atoms with Gasteiger partial charge in [0.15, 0.2) is 6.29 Å². The van der Waals surface area contributed by atoms with Gasteiger partial charge in [0.2, 0.25) is 0 Å². The van der Waals surface area contributed by atoms with Gasteiger partial charge < -0.3 is 14.2 Å². The molecule has 0 saturated carbocycles. The number of fused-ring (bicyclic) bond motifs is 4. The summed E-state index contributed by atoms with van der Waals surface area (Å²) in [7, 11) is 3.31. The maximum Gasteiger partial charge on any atom is 0.189 e. The van der Waals surface area contributed by atoms with E-state index < -0.39 is 5.60 Å². The van der Waals surface area contributed by atoms with Crippen molar-refractivity contribution in [2.24, 2.45) is 5.92 Å². The number of carbonyl (C=O) groups excluding carboxylic acids is 1. The van der Waals surface area contributed by atoms with Crippen LogP contribution in [0.4, 0.5) is 0 Å². The van der Waals surface area contributed by atoms with Crippen molar-refractivity contribution in [2.75, 3.05) is 14.2 Å². The molecule has 2 bridgehead atoms. The van der Waals surface area contributed by atoms with E-state index in [9.17, 15) is 4.79 Å². The lowest BCUT2D eigenvalue weighted by atomic mass is 9.71. The Kier molecular flexibility index (Phi) is 3.28. The highest BCUT2D eigenvalue weighted by molar-refractivity contribution is 5.79. The zero-order chi connectivity index (χ0) is 13.6. The molecule has 0 N–H and O–H groups in total. The molecule has 19 heavy (non-hydrogen) atoms. The van der Waals surface area contributed by atoms with Crippen LogP contribution in [0.1, 0.15) is 39.0 Å². The molecule has 4 nitrogen and oxygen atoms in total. The van der Waals surface area contributed by atoms with E-state index in [4.69, 9.17) is 14.2 Å². The third-order valence-corrected chi connectivity index (χ3v) is 5.01. The van der Waals surface area contributed by atoms with Crippen LogP contribution in [0.25, 0.3) is 0 Å². The van der Waals surface area contributed by atoms with Crippen LogP contribution in [0.3, 0.4) is 0 Å². The second-order valence-electron chi connectivity index (χ2n) is 5.89. The summed E-state index contributed by atoms with van der Waals surface area (Å²) in [5.74, 6) is 0.434. The predicted molar refractivity (Wildman–Crippen MR) is 69.7 cm³/mol. The molecule has 2 aliphatic heterocycles. The van der Waals surface area contributed by atoms with Gasteiger partial charge >= 0.3 is 0 Å². The number of ketones is 1. The van der Waals surface area contributed by atoms with Gasteiger partial charge in [0.25, 0.3) is 0 Å². The minimum atomic E-state index is -0.433. The molecule has 2 heterocycles. The normalized spacial score (nSPS) is 37.1. The highest BCUT2D eigenvalue weighted by Gasteiger charge is 2.58. The van der Waals surface area contributed by atoms with Gasteiger partial charge in [-0.15, -0.1) is 0 Å². The zero-order valence-electron chi connectivity index (χ0n) is 11.9. The van der Waals surface area contributed by atoms with E-state index in [1.807, 2.05) is 0 Å². The summed E-state index contributed by atoms with van der Waals surface area (Å²) in [6, 6.07) is 0. The lowest BCUT2D eigenvalue weighted by Crippen LogP contribution is -2.45. The molecule has 1 aliphatic carbocycles. The minimum absolute atomic E-state index is 0.146. The van der Waals surface area contributed by atoms with Crippen LogP contribution in [0, 0.1) is 5.92 Å². The van der Waals surface area contributed by atoms with Crippen LogP contribution in [-0.4, -0.2) is 38.0 Å². The first kappa shape index (κ1) is 13.3. The number of hydrogen-bond donors (Lipinski definition) is 0. The number of Topliss-reactive ketones (excluding diaryl/α,β-unsaturated/α-hetero) is 1. The van der Waals surface area contributed by atoms with Crippen LogP contribution in [0.2, 0.25) is 0 Å². The lowest BCUT2D eigenvalue weighted by Gasteiger charge is -2.37. The largest absolute Gasteiger partial charge is 0.358 e. The number of hydrogen-bond acceptors (Lipinski definition) is 4. The second kappa shape index (κ2) is 4.69. The Morgan fingerprint density at radius 3 is 2.74 bits per heavy atom. The molecule has 0 spiro atoms. The summed E-state index contributed by atoms with van der Waals surface area (Å²) in [6.07, 6.45) is 4.64. The molecule has 3 aliphatic rings. The molecule has 3 rings (SSSR count). The monoisotopic (exact) mass is 266 g/mol. The van der Waals surface area contributed by atoms with E-state index in [2.05, 4.69) is 0 Å². The van der Waals surface area contributed by atoms with Crippen molar-refractivity contribution < 1.29 is 19.0 Å². The quantitative estimate of drug-likeness (QED) is 0.578. The van der Waals surface area contributed by atoms with Gasteiger partial charge in [0.1, 0.15) is 11.4 Å². The van der Waals surface area contributed by atoms with E-state index in [1.54, 1.807) is 21.1 Å². The smallest absolute Gasteiger partial charge is 0.189 e. The van der Waals surface area contributed by atoms with E-state index in [0.717, 1.165) is 32.1 Å². The summed E-state index contributed by atoms with van der Waals surface area (Å²) in [6.45, 7) is 1.70. The molecule has 1 fully saturated rings. The maximum absolute atomic E-state index is 11.7. The first-order chi connectivity index (χ1) is 9.12. The number of carbonyl (C=O) groups is 1. The first-order valence-electron chi connectivity index (χ1n) is 7.08. The summed E-state index contributed by atoms with van der Waals surface area (Å²) in [4.78, 5) is 11.7. The predicted octanol–water partition coefficient (Wildman–Crippen LogP) is 2.22. The minimum Gasteiger partial charge on any atom is -0.358 e. The maximum atomic E-state index is 11.7. The van der Waals surface area contributed by atoms with Crippen molar-refractivity contribution in [3.8, 4) is 0 Å². The van der Waals surface area contributed by atoms with Gasteiger partial charge in [0.05, 0.1) is 6.10 Å². The van der Waals surface area contributed by atoms with Crippen LogP contribution in [0.15, 0.2) is 11.1 Å². The van der Waals surface area contributed by atoms with Crippen LogP contribution in [0.5, 0.6) is 0 Å². The standard InChI is InChI=1S/C15H22O4/c1-9(16)10-4-5-11-12(8-10)15(14(17-2)18-3)7-6-13(11)19-15/h10,13-14H,4-8H2,1-3H3/t10-,13-,15+/m1/s1. The molecule has 3 atom stereocenters. The van der Waals surface area contributed by atoms with Crippen molar-refractivity contribution in [3.05, 3.63) is 11.1 Å². The van der Waals surface area contributed by atoms with Gasteiger partial charge in [-0.2, -0.15) is 0 Å². The average molecular weight is 266 g/mol. The molecule has 0 amide bonds. The zero-order valence-corrected chi connectivity index (χ0v) is 11.9. The Balaban J connectivity index is 1.94. The molecule has 4 heteroatoms. The fraction of sp³-hybridized carbons (Fsp3) is 0.800. The Bertz CT molecular complexity index is 424. The van der Waals surface area contributed by atoms with Crippen molar-refractivity contribution in [1.82, 2.24) is 0 Å². The lowest BCUT2D eigenvalue weighted by molar-refractivity contribution is -0.204. The molecule has 1 saturated heterocycles. The van der Waals surface area contributed by atoms with Crippen molar-refractivity contribution in [1.29, 1.82) is 0 Å². The summed E-state index contributed by atoms with van der Waals surface area (Å²) in [5, 5.41) is 0. The summed E-state index contributed by atoms with van der Waals surface area (Å²) in [5.41, 5.74) is 2.28.